The van der Waals surface area contributed by atoms with Gasteiger partial charge in [0.2, 0.25) is 0 Å². The molecule has 0 saturated carbocycles. The van der Waals surface area contributed by atoms with Crippen molar-refractivity contribution in [1.82, 2.24) is 9.38 Å². The Morgan fingerprint density at radius 1 is 0.950 bits per heavy atom. The van der Waals surface area contributed by atoms with Gasteiger partial charge in [-0.1, -0.05) is 48.5 Å². The Balaban J connectivity index is 2.19. The number of hydrogen-bond donors (Lipinski definition) is 0. The zero-order valence-electron chi connectivity index (χ0n) is 11.2. The first-order valence-corrected chi connectivity index (χ1v) is 6.75. The van der Waals surface area contributed by atoms with Crippen LogP contribution in [0.5, 0.6) is 0 Å². The number of fused-ring (bicyclic) bond motifs is 3. The number of imidazole rings is 1. The topological polar surface area (TPSA) is 17.3 Å². The molecule has 0 atom stereocenters. The molecular weight excluding hydrogens is 244 g/mol. The summed E-state index contributed by atoms with van der Waals surface area (Å²) in [4.78, 5) is 4.56. The van der Waals surface area contributed by atoms with Crippen molar-refractivity contribution < 1.29 is 0 Å². The van der Waals surface area contributed by atoms with Gasteiger partial charge in [-0.25, -0.2) is 4.98 Å². The van der Waals surface area contributed by atoms with Crippen molar-refractivity contribution in [3.63, 3.8) is 0 Å². The summed E-state index contributed by atoms with van der Waals surface area (Å²) in [7, 11) is 0. The molecule has 0 saturated heterocycles. The average Bonchev–Trinajstić information content (AvgIpc) is 2.96. The van der Waals surface area contributed by atoms with Crippen LogP contribution in [-0.4, -0.2) is 9.38 Å². The van der Waals surface area contributed by atoms with Gasteiger partial charge in [-0.15, -0.1) is 0 Å². The molecule has 0 spiro atoms. The highest BCUT2D eigenvalue weighted by molar-refractivity contribution is 5.99. The van der Waals surface area contributed by atoms with E-state index in [4.69, 9.17) is 0 Å². The molecule has 2 heteroatoms. The minimum absolute atomic E-state index is 1.03. The lowest BCUT2D eigenvalue weighted by atomic mass is 10.0. The number of aryl methyl sites for hydroxylation is 1. The summed E-state index contributed by atoms with van der Waals surface area (Å²) in [6.45, 7) is 2.14. The van der Waals surface area contributed by atoms with Gasteiger partial charge in [-0.3, -0.25) is 4.40 Å². The summed E-state index contributed by atoms with van der Waals surface area (Å²) in [5, 5.41) is 2.47. The van der Waals surface area contributed by atoms with E-state index in [9.17, 15) is 0 Å². The fraction of sp³-hybridized carbons (Fsp3) is 0.0556. The van der Waals surface area contributed by atoms with E-state index in [0.29, 0.717) is 0 Å². The number of aromatic nitrogens is 2. The van der Waals surface area contributed by atoms with E-state index in [0.717, 1.165) is 5.65 Å². The van der Waals surface area contributed by atoms with Crippen molar-refractivity contribution in [3.05, 3.63) is 72.6 Å². The first-order chi connectivity index (χ1) is 9.84. The molecule has 20 heavy (non-hydrogen) atoms. The summed E-state index contributed by atoms with van der Waals surface area (Å²) in [5.74, 6) is 0. The number of pyridine rings is 1. The second-order valence-electron chi connectivity index (χ2n) is 5.06. The van der Waals surface area contributed by atoms with Gasteiger partial charge in [-0.2, -0.15) is 0 Å². The fourth-order valence-corrected chi connectivity index (χ4v) is 2.85. The monoisotopic (exact) mass is 258 g/mol. The van der Waals surface area contributed by atoms with Crippen LogP contribution in [-0.2, 0) is 0 Å². The molecule has 0 unspecified atom stereocenters. The molecule has 2 heterocycles. The molecule has 0 amide bonds. The third-order valence-electron chi connectivity index (χ3n) is 3.79. The Kier molecular flexibility index (Phi) is 2.36. The molecule has 2 nitrogen and oxygen atoms in total. The van der Waals surface area contributed by atoms with Crippen LogP contribution in [0.15, 0.2) is 67.0 Å². The SMILES string of the molecule is Cc1cccc2cc(-c3ccccc3)n3ccnc3c12. The van der Waals surface area contributed by atoms with Gasteiger partial charge in [-0.05, 0) is 29.5 Å². The zero-order valence-corrected chi connectivity index (χ0v) is 11.2. The largest absolute Gasteiger partial charge is 0.299 e. The highest BCUT2D eigenvalue weighted by Crippen LogP contribution is 2.29. The summed E-state index contributed by atoms with van der Waals surface area (Å²) in [6.07, 6.45) is 3.90. The van der Waals surface area contributed by atoms with Crippen LogP contribution in [0.4, 0.5) is 0 Å². The highest BCUT2D eigenvalue weighted by Gasteiger charge is 2.10. The summed E-state index contributed by atoms with van der Waals surface area (Å²) < 4.78 is 2.17. The molecule has 96 valence electrons. The Morgan fingerprint density at radius 2 is 1.80 bits per heavy atom. The van der Waals surface area contributed by atoms with Crippen molar-refractivity contribution in [2.45, 2.75) is 6.92 Å². The summed E-state index contributed by atoms with van der Waals surface area (Å²) in [5.41, 5.74) is 4.67. The highest BCUT2D eigenvalue weighted by atomic mass is 15.0. The van der Waals surface area contributed by atoms with Crippen LogP contribution in [0.1, 0.15) is 5.56 Å². The van der Waals surface area contributed by atoms with Crippen LogP contribution in [0, 0.1) is 6.92 Å². The van der Waals surface area contributed by atoms with Crippen molar-refractivity contribution in [2.75, 3.05) is 0 Å². The van der Waals surface area contributed by atoms with Crippen LogP contribution in [0.3, 0.4) is 0 Å². The molecule has 0 aliphatic rings. The Morgan fingerprint density at radius 3 is 2.65 bits per heavy atom. The van der Waals surface area contributed by atoms with Crippen LogP contribution in [0.25, 0.3) is 27.7 Å². The Hall–Kier alpha value is -2.61. The smallest absolute Gasteiger partial charge is 0.145 e. The second kappa shape index (κ2) is 4.20. The molecule has 0 fully saturated rings. The molecule has 4 rings (SSSR count). The summed E-state index contributed by atoms with van der Waals surface area (Å²) in [6, 6.07) is 19.1. The number of benzene rings is 2. The predicted octanol–water partition coefficient (Wildman–Crippen LogP) is 4.46. The van der Waals surface area contributed by atoms with Crippen molar-refractivity contribution in [2.24, 2.45) is 0 Å². The van der Waals surface area contributed by atoms with Crippen molar-refractivity contribution in [3.8, 4) is 11.3 Å². The molecule has 0 N–H and O–H groups in total. The molecule has 0 aliphatic carbocycles. The quantitative estimate of drug-likeness (QED) is 0.492. The third-order valence-corrected chi connectivity index (χ3v) is 3.79. The molecule has 0 aliphatic heterocycles. The molecule has 2 aromatic heterocycles. The summed E-state index contributed by atoms with van der Waals surface area (Å²) >= 11 is 0. The van der Waals surface area contributed by atoms with Gasteiger partial charge in [0, 0.05) is 17.8 Å². The first kappa shape index (κ1) is 11.2. The van der Waals surface area contributed by atoms with Crippen LogP contribution >= 0.6 is 0 Å². The maximum Gasteiger partial charge on any atom is 0.145 e. The normalized spacial score (nSPS) is 11.2. The molecular formula is C18H14N2. The lowest BCUT2D eigenvalue weighted by Gasteiger charge is -2.10. The van der Waals surface area contributed by atoms with E-state index >= 15 is 0 Å². The molecule has 0 bridgehead atoms. The van der Waals surface area contributed by atoms with E-state index in [1.165, 1.54) is 27.6 Å². The number of rotatable bonds is 1. The van der Waals surface area contributed by atoms with E-state index in [2.05, 4.69) is 64.8 Å². The maximum absolute atomic E-state index is 4.56. The van der Waals surface area contributed by atoms with Gasteiger partial charge in [0.15, 0.2) is 0 Å². The van der Waals surface area contributed by atoms with Crippen molar-refractivity contribution >= 4 is 16.4 Å². The standard InChI is InChI=1S/C18H14N2/c1-13-6-5-9-15-12-16(14-7-3-2-4-8-14)20-11-10-19-18(20)17(13)15/h2-12H,1H3. The van der Waals surface area contributed by atoms with Crippen molar-refractivity contribution in [1.29, 1.82) is 0 Å². The van der Waals surface area contributed by atoms with E-state index < -0.39 is 0 Å². The lowest BCUT2D eigenvalue weighted by Crippen LogP contribution is -1.93. The van der Waals surface area contributed by atoms with E-state index in [1.54, 1.807) is 0 Å². The number of hydrogen-bond acceptors (Lipinski definition) is 1. The first-order valence-electron chi connectivity index (χ1n) is 6.75. The van der Waals surface area contributed by atoms with Gasteiger partial charge in [0.25, 0.3) is 0 Å². The molecule has 2 aromatic carbocycles. The predicted molar refractivity (Wildman–Crippen MR) is 82.9 cm³/mol. The fourth-order valence-electron chi connectivity index (χ4n) is 2.85. The number of nitrogens with zero attached hydrogens (tertiary/aromatic N) is 2. The van der Waals surface area contributed by atoms with E-state index in [1.807, 2.05) is 18.5 Å². The van der Waals surface area contributed by atoms with Gasteiger partial charge in [0.05, 0.1) is 5.69 Å². The van der Waals surface area contributed by atoms with Gasteiger partial charge >= 0.3 is 0 Å². The Bertz CT molecular complexity index is 905. The zero-order chi connectivity index (χ0) is 13.5. The van der Waals surface area contributed by atoms with Crippen LogP contribution in [0.2, 0.25) is 0 Å². The van der Waals surface area contributed by atoms with Gasteiger partial charge < -0.3 is 0 Å². The molecule has 4 aromatic rings. The van der Waals surface area contributed by atoms with Crippen LogP contribution < -0.4 is 0 Å². The lowest BCUT2D eigenvalue weighted by molar-refractivity contribution is 1.20. The minimum Gasteiger partial charge on any atom is -0.299 e. The minimum atomic E-state index is 1.03. The maximum atomic E-state index is 4.56. The molecule has 0 radical (unpaired) electrons. The second-order valence-corrected chi connectivity index (χ2v) is 5.06. The third kappa shape index (κ3) is 1.55. The van der Waals surface area contributed by atoms with Gasteiger partial charge in [0.1, 0.15) is 5.65 Å². The Labute approximate surface area is 117 Å². The average molecular weight is 258 g/mol. The van der Waals surface area contributed by atoms with E-state index in [-0.39, 0.29) is 0 Å².